The minimum absolute atomic E-state index is 0.0582. The molecule has 2 heterocycles. The molecule has 1 unspecified atom stereocenters. The molecule has 1 aromatic rings. The van der Waals surface area contributed by atoms with Crippen LogP contribution in [0.15, 0.2) is 12.1 Å². The number of hydrogen-bond acceptors (Lipinski definition) is 5. The zero-order chi connectivity index (χ0) is 14.8. The molecule has 6 heteroatoms. The summed E-state index contributed by atoms with van der Waals surface area (Å²) in [6.07, 6.45) is 1.86. The van der Waals surface area contributed by atoms with Crippen molar-refractivity contribution in [2.24, 2.45) is 11.7 Å². The summed E-state index contributed by atoms with van der Waals surface area (Å²) in [5.74, 6) is 1.18. The molecule has 2 aliphatic heterocycles. The van der Waals surface area contributed by atoms with Crippen molar-refractivity contribution in [1.82, 2.24) is 4.90 Å². The molecule has 1 aromatic carbocycles. The van der Waals surface area contributed by atoms with Crippen LogP contribution in [0.1, 0.15) is 18.4 Å². The first-order valence-corrected chi connectivity index (χ1v) is 7.33. The number of rotatable bonds is 3. The number of piperidine rings is 1. The molecule has 0 saturated carbocycles. The molecule has 0 aliphatic carbocycles. The lowest BCUT2D eigenvalue weighted by Gasteiger charge is -2.31. The maximum absolute atomic E-state index is 11.3. The molecule has 2 aliphatic rings. The van der Waals surface area contributed by atoms with Gasteiger partial charge in [0.25, 0.3) is 0 Å². The smallest absolute Gasteiger partial charge is 0.221 e. The maximum atomic E-state index is 11.3. The van der Waals surface area contributed by atoms with Crippen LogP contribution < -0.4 is 20.9 Å². The summed E-state index contributed by atoms with van der Waals surface area (Å²) in [5.41, 5.74) is 13.2. The van der Waals surface area contributed by atoms with Gasteiger partial charge in [0.15, 0.2) is 11.5 Å². The van der Waals surface area contributed by atoms with E-state index in [4.69, 9.17) is 20.9 Å². The van der Waals surface area contributed by atoms with Crippen molar-refractivity contribution in [3.8, 4) is 11.5 Å². The Bertz CT molecular complexity index is 547. The van der Waals surface area contributed by atoms with Crippen LogP contribution in [0.2, 0.25) is 0 Å². The number of ether oxygens (including phenoxy) is 2. The number of carbonyl (C=O) groups excluding carboxylic acids is 1. The van der Waals surface area contributed by atoms with E-state index in [0.29, 0.717) is 37.7 Å². The standard InChI is InChI=1S/C15H21N3O3/c16-12-7-14-13(20-4-5-21-14)6-11(12)9-18-3-1-2-10(8-18)15(17)19/h6-7,10H,1-5,8-9,16H2,(H2,17,19). The summed E-state index contributed by atoms with van der Waals surface area (Å²) in [6, 6.07) is 3.76. The van der Waals surface area contributed by atoms with Gasteiger partial charge in [-0.25, -0.2) is 0 Å². The first-order valence-electron chi connectivity index (χ1n) is 7.33. The van der Waals surface area contributed by atoms with E-state index in [1.54, 1.807) is 0 Å². The van der Waals surface area contributed by atoms with E-state index in [0.717, 1.165) is 30.7 Å². The number of nitrogen functional groups attached to an aromatic ring is 1. The third-order valence-electron chi connectivity index (χ3n) is 4.11. The molecule has 1 atom stereocenters. The molecule has 21 heavy (non-hydrogen) atoms. The lowest BCUT2D eigenvalue weighted by Crippen LogP contribution is -2.40. The van der Waals surface area contributed by atoms with Gasteiger partial charge in [-0.3, -0.25) is 9.69 Å². The number of fused-ring (bicyclic) bond motifs is 1. The molecule has 1 saturated heterocycles. The second-order valence-corrected chi connectivity index (χ2v) is 5.67. The topological polar surface area (TPSA) is 90.8 Å². The lowest BCUT2D eigenvalue weighted by molar-refractivity contribution is -0.123. The third-order valence-corrected chi connectivity index (χ3v) is 4.11. The van der Waals surface area contributed by atoms with Gasteiger partial charge < -0.3 is 20.9 Å². The molecular formula is C15H21N3O3. The van der Waals surface area contributed by atoms with Gasteiger partial charge >= 0.3 is 0 Å². The van der Waals surface area contributed by atoms with Gasteiger partial charge in [-0.05, 0) is 31.0 Å². The van der Waals surface area contributed by atoms with Crippen molar-refractivity contribution in [3.05, 3.63) is 17.7 Å². The van der Waals surface area contributed by atoms with E-state index in [-0.39, 0.29) is 11.8 Å². The Labute approximate surface area is 124 Å². The van der Waals surface area contributed by atoms with Crippen LogP contribution >= 0.6 is 0 Å². The normalized spacial score (nSPS) is 22.0. The van der Waals surface area contributed by atoms with Crippen molar-refractivity contribution in [2.75, 3.05) is 32.0 Å². The fourth-order valence-electron chi connectivity index (χ4n) is 2.96. The monoisotopic (exact) mass is 291 g/mol. The highest BCUT2D eigenvalue weighted by Gasteiger charge is 2.25. The second-order valence-electron chi connectivity index (χ2n) is 5.67. The average molecular weight is 291 g/mol. The molecular weight excluding hydrogens is 270 g/mol. The van der Waals surface area contributed by atoms with Crippen LogP contribution in [0, 0.1) is 5.92 Å². The van der Waals surface area contributed by atoms with Gasteiger partial charge in [0.1, 0.15) is 13.2 Å². The quantitative estimate of drug-likeness (QED) is 0.801. The first kappa shape index (κ1) is 14.0. The highest BCUT2D eigenvalue weighted by Crippen LogP contribution is 2.35. The zero-order valence-electron chi connectivity index (χ0n) is 12.0. The summed E-state index contributed by atoms with van der Waals surface area (Å²) in [5, 5.41) is 0. The number of nitrogens with two attached hydrogens (primary N) is 2. The molecule has 4 N–H and O–H groups in total. The van der Waals surface area contributed by atoms with Crippen molar-refractivity contribution in [1.29, 1.82) is 0 Å². The number of amides is 1. The minimum atomic E-state index is -0.213. The van der Waals surface area contributed by atoms with Gasteiger partial charge in [-0.2, -0.15) is 0 Å². The fourth-order valence-corrected chi connectivity index (χ4v) is 2.96. The van der Waals surface area contributed by atoms with Gasteiger partial charge in [0.2, 0.25) is 5.91 Å². The molecule has 3 rings (SSSR count). The van der Waals surface area contributed by atoms with Crippen LogP contribution in [-0.4, -0.2) is 37.1 Å². The number of hydrogen-bond donors (Lipinski definition) is 2. The Hall–Kier alpha value is -1.95. The number of carbonyl (C=O) groups is 1. The third kappa shape index (κ3) is 3.05. The predicted octanol–water partition coefficient (Wildman–Crippen LogP) is 0.737. The minimum Gasteiger partial charge on any atom is -0.486 e. The van der Waals surface area contributed by atoms with E-state index in [1.165, 1.54) is 0 Å². The maximum Gasteiger partial charge on any atom is 0.221 e. The van der Waals surface area contributed by atoms with Crippen LogP contribution in [0.4, 0.5) is 5.69 Å². The van der Waals surface area contributed by atoms with Crippen LogP contribution in [0.5, 0.6) is 11.5 Å². The Morgan fingerprint density at radius 2 is 2.00 bits per heavy atom. The largest absolute Gasteiger partial charge is 0.486 e. The van der Waals surface area contributed by atoms with Crippen molar-refractivity contribution < 1.29 is 14.3 Å². The van der Waals surface area contributed by atoms with Gasteiger partial charge in [-0.15, -0.1) is 0 Å². The summed E-state index contributed by atoms with van der Waals surface area (Å²) >= 11 is 0. The number of nitrogens with zero attached hydrogens (tertiary/aromatic N) is 1. The van der Waals surface area contributed by atoms with E-state index in [1.807, 2.05) is 12.1 Å². The Morgan fingerprint density at radius 3 is 2.71 bits per heavy atom. The average Bonchev–Trinajstić information content (AvgIpc) is 2.48. The highest BCUT2D eigenvalue weighted by molar-refractivity contribution is 5.77. The van der Waals surface area contributed by atoms with Crippen molar-refractivity contribution >= 4 is 11.6 Å². The summed E-state index contributed by atoms with van der Waals surface area (Å²) in [6.45, 7) is 3.47. The summed E-state index contributed by atoms with van der Waals surface area (Å²) in [4.78, 5) is 13.6. The molecule has 0 bridgehead atoms. The molecule has 0 radical (unpaired) electrons. The molecule has 0 spiro atoms. The number of benzene rings is 1. The second kappa shape index (κ2) is 5.81. The SMILES string of the molecule is NC(=O)C1CCCN(Cc2cc3c(cc2N)OCCO3)C1. The molecule has 1 amide bonds. The van der Waals surface area contributed by atoms with E-state index in [2.05, 4.69) is 4.90 Å². The van der Waals surface area contributed by atoms with Crippen LogP contribution in [0.25, 0.3) is 0 Å². The number of primary amides is 1. The molecule has 6 nitrogen and oxygen atoms in total. The Balaban J connectivity index is 1.73. The van der Waals surface area contributed by atoms with Crippen molar-refractivity contribution in [3.63, 3.8) is 0 Å². The van der Waals surface area contributed by atoms with E-state index < -0.39 is 0 Å². The van der Waals surface area contributed by atoms with E-state index >= 15 is 0 Å². The summed E-state index contributed by atoms with van der Waals surface area (Å²) in [7, 11) is 0. The molecule has 114 valence electrons. The summed E-state index contributed by atoms with van der Waals surface area (Å²) < 4.78 is 11.1. The predicted molar refractivity (Wildman–Crippen MR) is 79.0 cm³/mol. The number of anilines is 1. The fraction of sp³-hybridized carbons (Fsp3) is 0.533. The Kier molecular flexibility index (Phi) is 3.88. The highest BCUT2D eigenvalue weighted by atomic mass is 16.6. The Morgan fingerprint density at radius 1 is 1.29 bits per heavy atom. The van der Waals surface area contributed by atoms with Gasteiger partial charge in [-0.1, -0.05) is 0 Å². The molecule has 1 fully saturated rings. The first-order chi connectivity index (χ1) is 10.1. The van der Waals surface area contributed by atoms with Gasteiger partial charge in [0, 0.05) is 24.8 Å². The molecule has 0 aromatic heterocycles. The van der Waals surface area contributed by atoms with Crippen molar-refractivity contribution in [2.45, 2.75) is 19.4 Å². The van der Waals surface area contributed by atoms with Crippen LogP contribution in [-0.2, 0) is 11.3 Å². The zero-order valence-corrected chi connectivity index (χ0v) is 12.0. The van der Waals surface area contributed by atoms with Gasteiger partial charge in [0.05, 0.1) is 5.92 Å². The number of likely N-dealkylation sites (tertiary alicyclic amines) is 1. The lowest BCUT2D eigenvalue weighted by atomic mass is 9.97. The van der Waals surface area contributed by atoms with E-state index in [9.17, 15) is 4.79 Å². The van der Waals surface area contributed by atoms with Crippen LogP contribution in [0.3, 0.4) is 0 Å².